The van der Waals surface area contributed by atoms with E-state index in [2.05, 4.69) is 222 Å². The van der Waals surface area contributed by atoms with E-state index in [0.717, 1.165) is 0 Å². The molecule has 0 aliphatic heterocycles. The van der Waals surface area contributed by atoms with Crippen LogP contribution >= 0.6 is 11.3 Å². The van der Waals surface area contributed by atoms with E-state index in [4.69, 9.17) is 0 Å². The van der Waals surface area contributed by atoms with Crippen molar-refractivity contribution in [3.63, 3.8) is 0 Å². The van der Waals surface area contributed by atoms with E-state index in [-0.39, 0.29) is 10.8 Å². The molecule has 0 atom stereocenters. The van der Waals surface area contributed by atoms with Crippen LogP contribution in [-0.2, 0) is 10.8 Å². The van der Waals surface area contributed by atoms with Crippen LogP contribution in [0.2, 0.25) is 0 Å². The van der Waals surface area contributed by atoms with Gasteiger partial charge in [-0.3, -0.25) is 0 Å². The van der Waals surface area contributed by atoms with Crippen molar-refractivity contribution in [3.8, 4) is 55.6 Å². The van der Waals surface area contributed by atoms with E-state index in [9.17, 15) is 0 Å². The first kappa shape index (κ1) is 37.1. The number of benzene rings is 11. The first-order valence-corrected chi connectivity index (χ1v) is 23.8. The van der Waals surface area contributed by atoms with Crippen LogP contribution in [0.1, 0.15) is 49.9 Å². The Labute approximate surface area is 383 Å². The number of thiophene rings is 1. The first-order valence-electron chi connectivity index (χ1n) is 23.0. The Morgan fingerprint density at radius 1 is 0.323 bits per heavy atom. The number of rotatable bonds is 3. The topological polar surface area (TPSA) is 0 Å². The van der Waals surface area contributed by atoms with Gasteiger partial charge in [0.15, 0.2) is 0 Å². The van der Waals surface area contributed by atoms with Gasteiger partial charge in [-0.15, -0.1) is 11.3 Å². The lowest BCUT2D eigenvalue weighted by Crippen LogP contribution is -2.17. The molecular weight excluding hydrogens is 801 g/mol. The summed E-state index contributed by atoms with van der Waals surface area (Å²) in [5.74, 6) is 0. The lowest BCUT2D eigenvalue weighted by molar-refractivity contribution is 0.660. The van der Waals surface area contributed by atoms with Gasteiger partial charge in [-0.2, -0.15) is 0 Å². The van der Waals surface area contributed by atoms with Crippen molar-refractivity contribution in [3.05, 3.63) is 216 Å². The quantitative estimate of drug-likeness (QED) is 0.155. The molecule has 0 bridgehead atoms. The second-order valence-electron chi connectivity index (χ2n) is 19.5. The minimum Gasteiger partial charge on any atom is -0.135 e. The average Bonchev–Trinajstić information content (AvgIpc) is 3.92. The maximum Gasteiger partial charge on any atom is 0.0433 e. The van der Waals surface area contributed by atoms with E-state index >= 15 is 0 Å². The van der Waals surface area contributed by atoms with E-state index < -0.39 is 0 Å². The fourth-order valence-electron chi connectivity index (χ4n) is 12.5. The monoisotopic (exact) mass is 844 g/mol. The van der Waals surface area contributed by atoms with Gasteiger partial charge in [-0.05, 0) is 139 Å². The molecule has 0 spiro atoms. The molecule has 65 heavy (non-hydrogen) atoms. The molecule has 11 aromatic carbocycles. The summed E-state index contributed by atoms with van der Waals surface area (Å²) in [7, 11) is 0. The number of fused-ring (bicyclic) bond motifs is 15. The van der Waals surface area contributed by atoms with Crippen molar-refractivity contribution in [2.24, 2.45) is 0 Å². The third kappa shape index (κ3) is 4.97. The van der Waals surface area contributed by atoms with Gasteiger partial charge in [0.2, 0.25) is 0 Å². The van der Waals surface area contributed by atoms with Crippen molar-refractivity contribution >= 4 is 74.6 Å². The van der Waals surface area contributed by atoms with Gasteiger partial charge >= 0.3 is 0 Å². The molecule has 306 valence electrons. The SMILES string of the molecule is CC1(C)c2ccc(-c3cccc4c3C(C)(C)c3c-4ccc4sc5c6ccccc6ccc5c34)cc2-c2ccc(-c3c4ccccc4c(-c4cccc5ccccc45)c4ccccc34)cc21. The number of hydrogen-bond donors (Lipinski definition) is 0. The van der Waals surface area contributed by atoms with Gasteiger partial charge in [0.05, 0.1) is 0 Å². The summed E-state index contributed by atoms with van der Waals surface area (Å²) in [6, 6.07) is 73.6. The predicted molar refractivity (Wildman–Crippen MR) is 281 cm³/mol. The van der Waals surface area contributed by atoms with Gasteiger partial charge in [-0.25, -0.2) is 0 Å². The van der Waals surface area contributed by atoms with Gasteiger partial charge < -0.3 is 0 Å². The fraction of sp³-hybridized carbons (Fsp3) is 0.0938. The Hall–Kier alpha value is -7.32. The molecule has 0 nitrogen and oxygen atoms in total. The molecule has 0 amide bonds. The highest BCUT2D eigenvalue weighted by Crippen LogP contribution is 2.58. The molecule has 12 aromatic rings. The van der Waals surface area contributed by atoms with Crippen LogP contribution in [0.25, 0.3) is 119 Å². The molecule has 0 radical (unpaired) electrons. The summed E-state index contributed by atoms with van der Waals surface area (Å²) in [6.07, 6.45) is 0. The molecule has 1 heteroatoms. The van der Waals surface area contributed by atoms with Crippen LogP contribution in [0.15, 0.2) is 194 Å². The molecule has 1 aromatic heterocycles. The van der Waals surface area contributed by atoms with Gasteiger partial charge in [0.1, 0.15) is 0 Å². The highest BCUT2D eigenvalue weighted by molar-refractivity contribution is 7.26. The van der Waals surface area contributed by atoms with Crippen molar-refractivity contribution in [1.82, 2.24) is 0 Å². The molecule has 2 aliphatic carbocycles. The standard InChI is InChI=1S/C64H44S/c1-63(2)54-33-29-39(42-24-14-26-50-51-32-34-56-59(61(51)64(3,4)60(42)50)52-31-27-38-16-6-8-19-43(38)62(52)65-56)35-53(54)44-30-28-40(36-55(44)63)57-46-20-9-11-22-48(46)58(49-23-12-10-21-47(49)57)45-25-13-17-37-15-5-7-18-41(37)45/h5-36H,1-4H3. The van der Waals surface area contributed by atoms with Gasteiger partial charge in [-0.1, -0.05) is 204 Å². The smallest absolute Gasteiger partial charge is 0.0433 e. The zero-order chi connectivity index (χ0) is 43.3. The second kappa shape index (κ2) is 13.1. The fourth-order valence-corrected chi connectivity index (χ4v) is 13.8. The second-order valence-corrected chi connectivity index (χ2v) is 20.5. The number of hydrogen-bond acceptors (Lipinski definition) is 1. The Balaban J connectivity index is 0.921. The van der Waals surface area contributed by atoms with Crippen LogP contribution in [0, 0.1) is 0 Å². The zero-order valence-corrected chi connectivity index (χ0v) is 37.7. The molecular formula is C64H44S. The molecule has 14 rings (SSSR count). The lowest BCUT2D eigenvalue weighted by Gasteiger charge is -2.26. The third-order valence-electron chi connectivity index (χ3n) is 15.4. The Kier molecular flexibility index (Phi) is 7.49. The van der Waals surface area contributed by atoms with E-state index in [1.165, 1.54) is 141 Å². The lowest BCUT2D eigenvalue weighted by atomic mass is 9.77. The Morgan fingerprint density at radius 2 is 0.892 bits per heavy atom. The van der Waals surface area contributed by atoms with Crippen LogP contribution in [0.5, 0.6) is 0 Å². The van der Waals surface area contributed by atoms with E-state index in [0.29, 0.717) is 0 Å². The largest absolute Gasteiger partial charge is 0.135 e. The van der Waals surface area contributed by atoms with E-state index in [1.807, 2.05) is 11.3 Å². The Morgan fingerprint density at radius 3 is 1.65 bits per heavy atom. The van der Waals surface area contributed by atoms with Crippen LogP contribution in [-0.4, -0.2) is 0 Å². The summed E-state index contributed by atoms with van der Waals surface area (Å²) >= 11 is 1.94. The van der Waals surface area contributed by atoms with E-state index in [1.54, 1.807) is 0 Å². The molecule has 0 N–H and O–H groups in total. The maximum absolute atomic E-state index is 2.51. The van der Waals surface area contributed by atoms with Crippen LogP contribution in [0.4, 0.5) is 0 Å². The van der Waals surface area contributed by atoms with Crippen molar-refractivity contribution in [2.75, 3.05) is 0 Å². The molecule has 1 heterocycles. The summed E-state index contributed by atoms with van der Waals surface area (Å²) in [4.78, 5) is 0. The molecule has 0 saturated heterocycles. The van der Waals surface area contributed by atoms with Gasteiger partial charge in [0, 0.05) is 31.0 Å². The maximum atomic E-state index is 2.51. The van der Waals surface area contributed by atoms with Crippen molar-refractivity contribution < 1.29 is 0 Å². The van der Waals surface area contributed by atoms with Crippen molar-refractivity contribution in [2.45, 2.75) is 38.5 Å². The highest BCUT2D eigenvalue weighted by Gasteiger charge is 2.41. The van der Waals surface area contributed by atoms with Crippen LogP contribution < -0.4 is 0 Å². The summed E-state index contributed by atoms with van der Waals surface area (Å²) in [6.45, 7) is 9.75. The first-order chi connectivity index (χ1) is 31.8. The third-order valence-corrected chi connectivity index (χ3v) is 16.6. The molecule has 0 saturated carbocycles. The molecule has 0 unspecified atom stereocenters. The average molecular weight is 845 g/mol. The zero-order valence-electron chi connectivity index (χ0n) is 36.9. The summed E-state index contributed by atoms with van der Waals surface area (Å²) in [5.41, 5.74) is 18.5. The highest BCUT2D eigenvalue weighted by atomic mass is 32.1. The van der Waals surface area contributed by atoms with Crippen molar-refractivity contribution in [1.29, 1.82) is 0 Å². The minimum absolute atomic E-state index is 0.169. The van der Waals surface area contributed by atoms with Crippen LogP contribution in [0.3, 0.4) is 0 Å². The van der Waals surface area contributed by atoms with Gasteiger partial charge in [0.25, 0.3) is 0 Å². The normalized spacial score (nSPS) is 14.4. The molecule has 0 fully saturated rings. The summed E-state index contributed by atoms with van der Waals surface area (Å²) in [5, 5.41) is 13.1. The molecule has 2 aliphatic rings. The predicted octanol–water partition coefficient (Wildman–Crippen LogP) is 18.3. The summed E-state index contributed by atoms with van der Waals surface area (Å²) < 4.78 is 2.76. The minimum atomic E-state index is -0.194. The Bertz CT molecular complexity index is 4000.